The fourth-order valence-electron chi connectivity index (χ4n) is 0.539. The van der Waals surface area contributed by atoms with Gasteiger partial charge in [0.15, 0.2) is 0 Å². The second kappa shape index (κ2) is 3.90. The predicted octanol–water partition coefficient (Wildman–Crippen LogP) is 2.27. The fraction of sp³-hybridized carbons (Fsp3) is 0. The molecule has 0 saturated heterocycles. The normalized spacial score (nSPS) is 9.60. The molecule has 10 heavy (non-hydrogen) atoms. The van der Waals surface area contributed by atoms with Gasteiger partial charge in [0.05, 0.1) is 6.26 Å². The Labute approximate surface area is 63.2 Å². The van der Waals surface area contributed by atoms with Crippen molar-refractivity contribution in [2.45, 2.75) is 0 Å². The van der Waals surface area contributed by atoms with Crippen LogP contribution in [0.25, 0.3) is 0 Å². The monoisotopic (exact) mass is 152 g/mol. The van der Waals surface area contributed by atoms with Crippen molar-refractivity contribution in [3.63, 3.8) is 0 Å². The molecule has 0 atom stereocenters. The van der Waals surface area contributed by atoms with Crippen LogP contribution in [0.2, 0.25) is 0 Å². The molecule has 0 amide bonds. The van der Waals surface area contributed by atoms with Crippen LogP contribution < -0.4 is 0 Å². The van der Waals surface area contributed by atoms with Crippen molar-refractivity contribution in [3.8, 4) is 0 Å². The lowest BCUT2D eigenvalue weighted by molar-refractivity contribution is 0.497. The molecule has 0 aliphatic heterocycles. The number of hydrogen-bond donors (Lipinski definition) is 0. The van der Waals surface area contributed by atoms with Crippen LogP contribution in [-0.4, -0.2) is 8.32 Å². The number of rotatable bonds is 5. The van der Waals surface area contributed by atoms with E-state index >= 15 is 0 Å². The quantitative estimate of drug-likeness (QED) is 0.434. The molecule has 0 rings (SSSR count). The maximum absolute atomic E-state index is 5.23. The van der Waals surface area contributed by atoms with E-state index in [2.05, 4.69) is 26.3 Å². The van der Waals surface area contributed by atoms with Gasteiger partial charge in [-0.2, -0.15) is 0 Å². The molecular formula is C8H12OSi. The van der Waals surface area contributed by atoms with E-state index in [-0.39, 0.29) is 0 Å². The zero-order valence-corrected chi connectivity index (χ0v) is 7.05. The minimum atomic E-state index is -2.04. The molecule has 0 unspecified atom stereocenters. The lowest BCUT2D eigenvalue weighted by atomic mass is 11.2. The Morgan fingerprint density at radius 2 is 1.30 bits per heavy atom. The number of hydrogen-bond acceptors (Lipinski definition) is 1. The second-order valence-electron chi connectivity index (χ2n) is 1.75. The topological polar surface area (TPSA) is 9.23 Å². The third-order valence-corrected chi connectivity index (χ3v) is 3.73. The van der Waals surface area contributed by atoms with Gasteiger partial charge in [-0.05, 0) is 0 Å². The Bertz CT molecular complexity index is 139. The molecule has 0 fully saturated rings. The van der Waals surface area contributed by atoms with E-state index < -0.39 is 8.32 Å². The van der Waals surface area contributed by atoms with Gasteiger partial charge < -0.3 is 4.43 Å². The largest absolute Gasteiger partial charge is 0.538 e. The molecule has 0 aromatic heterocycles. The SMILES string of the molecule is C=CO[Si](C=C)(C=C)C=C. The summed E-state index contributed by atoms with van der Waals surface area (Å²) in [6.45, 7) is 14.4. The zero-order chi connectivity index (χ0) is 8.04. The summed E-state index contributed by atoms with van der Waals surface area (Å²) in [5, 5.41) is 0. The van der Waals surface area contributed by atoms with E-state index in [1.165, 1.54) is 6.26 Å². The van der Waals surface area contributed by atoms with Crippen LogP contribution in [0.15, 0.2) is 49.7 Å². The van der Waals surface area contributed by atoms with Gasteiger partial charge in [0, 0.05) is 0 Å². The van der Waals surface area contributed by atoms with Crippen LogP contribution in [0.4, 0.5) is 0 Å². The third-order valence-electron chi connectivity index (χ3n) is 1.24. The molecule has 0 aromatic rings. The molecule has 0 N–H and O–H groups in total. The summed E-state index contributed by atoms with van der Waals surface area (Å²) in [6.07, 6.45) is 1.40. The van der Waals surface area contributed by atoms with Gasteiger partial charge >= 0.3 is 8.32 Å². The summed E-state index contributed by atoms with van der Waals surface area (Å²) >= 11 is 0. The average Bonchev–Trinajstić information content (AvgIpc) is 2.01. The van der Waals surface area contributed by atoms with Crippen molar-refractivity contribution in [3.05, 3.63) is 49.7 Å². The van der Waals surface area contributed by atoms with Crippen LogP contribution in [0.5, 0.6) is 0 Å². The molecule has 0 aliphatic rings. The van der Waals surface area contributed by atoms with Crippen molar-refractivity contribution >= 4 is 8.32 Å². The Morgan fingerprint density at radius 1 is 0.900 bits per heavy atom. The minimum Gasteiger partial charge on any atom is -0.538 e. The van der Waals surface area contributed by atoms with E-state index in [0.717, 1.165) is 0 Å². The third kappa shape index (κ3) is 1.74. The Hall–Kier alpha value is -1.02. The first-order valence-corrected chi connectivity index (χ1v) is 5.08. The Kier molecular flexibility index (Phi) is 3.50. The highest BCUT2D eigenvalue weighted by atomic mass is 28.4. The van der Waals surface area contributed by atoms with Crippen molar-refractivity contribution in [1.29, 1.82) is 0 Å². The average molecular weight is 152 g/mol. The first-order chi connectivity index (χ1) is 4.74. The smallest absolute Gasteiger partial charge is 0.322 e. The molecule has 0 radical (unpaired) electrons. The molecule has 2 heteroatoms. The molecule has 54 valence electrons. The summed E-state index contributed by atoms with van der Waals surface area (Å²) in [6, 6.07) is 0. The van der Waals surface area contributed by atoms with Crippen LogP contribution in [0.1, 0.15) is 0 Å². The highest BCUT2D eigenvalue weighted by molar-refractivity contribution is 6.87. The van der Waals surface area contributed by atoms with Gasteiger partial charge in [0.2, 0.25) is 0 Å². The van der Waals surface area contributed by atoms with Gasteiger partial charge in [-0.15, -0.1) is 19.7 Å². The Balaban J connectivity index is 4.43. The van der Waals surface area contributed by atoms with Crippen LogP contribution in [-0.2, 0) is 4.43 Å². The van der Waals surface area contributed by atoms with E-state index in [9.17, 15) is 0 Å². The molecule has 1 nitrogen and oxygen atoms in total. The lowest BCUT2D eigenvalue weighted by Crippen LogP contribution is -2.29. The van der Waals surface area contributed by atoms with E-state index in [1.54, 1.807) is 17.1 Å². The first kappa shape index (κ1) is 8.98. The summed E-state index contributed by atoms with van der Waals surface area (Å²) in [5.74, 6) is 0. The summed E-state index contributed by atoms with van der Waals surface area (Å²) in [5.41, 5.74) is 5.23. The molecule has 0 aliphatic carbocycles. The van der Waals surface area contributed by atoms with E-state index in [1.807, 2.05) is 0 Å². The highest BCUT2D eigenvalue weighted by Gasteiger charge is 2.22. The first-order valence-electron chi connectivity index (χ1n) is 2.94. The van der Waals surface area contributed by atoms with E-state index in [4.69, 9.17) is 4.43 Å². The predicted molar refractivity (Wildman–Crippen MR) is 47.6 cm³/mol. The minimum absolute atomic E-state index is 1.40. The molecule has 0 aromatic carbocycles. The van der Waals surface area contributed by atoms with Crippen molar-refractivity contribution in [2.24, 2.45) is 0 Å². The Morgan fingerprint density at radius 3 is 1.40 bits per heavy atom. The van der Waals surface area contributed by atoms with Crippen LogP contribution >= 0.6 is 0 Å². The second-order valence-corrected chi connectivity index (χ2v) is 4.92. The molecule has 0 bridgehead atoms. The van der Waals surface area contributed by atoms with Crippen LogP contribution in [0, 0.1) is 0 Å². The van der Waals surface area contributed by atoms with Crippen molar-refractivity contribution < 1.29 is 4.43 Å². The van der Waals surface area contributed by atoms with E-state index in [0.29, 0.717) is 0 Å². The maximum atomic E-state index is 5.23. The lowest BCUT2D eigenvalue weighted by Gasteiger charge is -2.17. The summed E-state index contributed by atoms with van der Waals surface area (Å²) < 4.78 is 5.23. The fourth-order valence-corrected chi connectivity index (χ4v) is 1.62. The van der Waals surface area contributed by atoms with Crippen molar-refractivity contribution in [2.75, 3.05) is 0 Å². The standard InChI is InChI=1S/C8H12OSi/c1-5-9-10(6-2,7-3)8-4/h5-8H,1-4H2. The van der Waals surface area contributed by atoms with Gasteiger partial charge in [-0.25, -0.2) is 0 Å². The van der Waals surface area contributed by atoms with Crippen molar-refractivity contribution in [1.82, 2.24) is 0 Å². The molecule has 0 heterocycles. The summed E-state index contributed by atoms with van der Waals surface area (Å²) in [7, 11) is -2.04. The zero-order valence-electron chi connectivity index (χ0n) is 6.05. The molecule has 0 spiro atoms. The highest BCUT2D eigenvalue weighted by Crippen LogP contribution is 2.08. The van der Waals surface area contributed by atoms with Gasteiger partial charge in [-0.3, -0.25) is 0 Å². The molecule has 0 saturated carbocycles. The molecular weight excluding hydrogens is 140 g/mol. The van der Waals surface area contributed by atoms with Gasteiger partial charge in [0.1, 0.15) is 0 Å². The summed E-state index contributed by atoms with van der Waals surface area (Å²) in [4.78, 5) is 0. The van der Waals surface area contributed by atoms with Gasteiger partial charge in [-0.1, -0.05) is 23.7 Å². The van der Waals surface area contributed by atoms with Gasteiger partial charge in [0.25, 0.3) is 0 Å². The van der Waals surface area contributed by atoms with Crippen LogP contribution in [0.3, 0.4) is 0 Å². The maximum Gasteiger partial charge on any atom is 0.322 e.